The first-order valence-corrected chi connectivity index (χ1v) is 7.81. The van der Waals surface area contributed by atoms with Gasteiger partial charge in [-0.05, 0) is 42.8 Å². The summed E-state index contributed by atoms with van der Waals surface area (Å²) in [6.07, 6.45) is 0. The van der Waals surface area contributed by atoms with Crippen molar-refractivity contribution < 1.29 is 23.7 Å². The summed E-state index contributed by atoms with van der Waals surface area (Å²) in [7, 11) is 0. The van der Waals surface area contributed by atoms with Gasteiger partial charge in [0.2, 0.25) is 6.79 Å². The van der Waals surface area contributed by atoms with E-state index in [4.69, 9.17) is 18.9 Å². The minimum Gasteiger partial charge on any atom is -0.486 e. The molecule has 2 heterocycles. The topological polar surface area (TPSA) is 66.0 Å². The van der Waals surface area contributed by atoms with E-state index in [-0.39, 0.29) is 18.7 Å². The summed E-state index contributed by atoms with van der Waals surface area (Å²) < 4.78 is 21.7. The highest BCUT2D eigenvalue weighted by molar-refractivity contribution is 5.95. The molecule has 124 valence electrons. The largest absolute Gasteiger partial charge is 0.486 e. The van der Waals surface area contributed by atoms with Gasteiger partial charge in [0.05, 0.1) is 6.04 Å². The molecule has 0 saturated heterocycles. The number of carbonyl (C=O) groups is 1. The number of hydrogen-bond donors (Lipinski definition) is 1. The molecule has 0 unspecified atom stereocenters. The Balaban J connectivity index is 1.49. The first-order valence-electron chi connectivity index (χ1n) is 7.81. The van der Waals surface area contributed by atoms with E-state index in [0.29, 0.717) is 36.0 Å². The van der Waals surface area contributed by atoms with Gasteiger partial charge in [-0.1, -0.05) is 6.07 Å². The van der Waals surface area contributed by atoms with Crippen molar-refractivity contribution in [1.29, 1.82) is 0 Å². The lowest BCUT2D eigenvalue weighted by Crippen LogP contribution is -2.27. The predicted octanol–water partition coefficient (Wildman–Crippen LogP) is 2.68. The van der Waals surface area contributed by atoms with Gasteiger partial charge >= 0.3 is 0 Å². The summed E-state index contributed by atoms with van der Waals surface area (Å²) in [4.78, 5) is 12.5. The third-order valence-electron chi connectivity index (χ3n) is 4.05. The Morgan fingerprint density at radius 2 is 1.58 bits per heavy atom. The van der Waals surface area contributed by atoms with Crippen molar-refractivity contribution in [1.82, 2.24) is 5.32 Å². The molecule has 1 N–H and O–H groups in total. The molecule has 2 aliphatic heterocycles. The van der Waals surface area contributed by atoms with Crippen molar-refractivity contribution in [2.45, 2.75) is 13.0 Å². The summed E-state index contributed by atoms with van der Waals surface area (Å²) in [6, 6.07) is 10.7. The quantitative estimate of drug-likeness (QED) is 0.939. The number of amides is 1. The fourth-order valence-electron chi connectivity index (χ4n) is 2.73. The van der Waals surface area contributed by atoms with Gasteiger partial charge < -0.3 is 24.3 Å². The zero-order chi connectivity index (χ0) is 16.5. The van der Waals surface area contributed by atoms with Gasteiger partial charge in [0.15, 0.2) is 23.0 Å². The normalized spacial score (nSPS) is 15.7. The van der Waals surface area contributed by atoms with Gasteiger partial charge in [0.1, 0.15) is 13.2 Å². The fraction of sp³-hybridized carbons (Fsp3) is 0.278. The molecule has 0 spiro atoms. The third-order valence-corrected chi connectivity index (χ3v) is 4.05. The molecule has 6 heteroatoms. The molecule has 4 rings (SSSR count). The summed E-state index contributed by atoms with van der Waals surface area (Å²) in [5.41, 5.74) is 1.48. The van der Waals surface area contributed by atoms with Crippen LogP contribution in [-0.2, 0) is 0 Å². The smallest absolute Gasteiger partial charge is 0.251 e. The molecule has 0 saturated carbocycles. The maximum atomic E-state index is 12.5. The Labute approximate surface area is 139 Å². The van der Waals surface area contributed by atoms with E-state index in [1.807, 2.05) is 25.1 Å². The Bertz CT molecular complexity index is 789. The number of rotatable bonds is 3. The Hall–Kier alpha value is -2.89. The predicted molar refractivity (Wildman–Crippen MR) is 85.9 cm³/mol. The number of fused-ring (bicyclic) bond motifs is 2. The van der Waals surface area contributed by atoms with Crippen molar-refractivity contribution in [2.24, 2.45) is 0 Å². The van der Waals surface area contributed by atoms with E-state index in [2.05, 4.69) is 5.32 Å². The Morgan fingerprint density at radius 1 is 0.917 bits per heavy atom. The summed E-state index contributed by atoms with van der Waals surface area (Å²) >= 11 is 0. The minimum atomic E-state index is -0.169. The lowest BCUT2D eigenvalue weighted by Gasteiger charge is -2.19. The Morgan fingerprint density at radius 3 is 2.46 bits per heavy atom. The molecule has 6 nitrogen and oxygen atoms in total. The van der Waals surface area contributed by atoms with Crippen LogP contribution in [0.15, 0.2) is 36.4 Å². The van der Waals surface area contributed by atoms with Crippen LogP contribution in [0.4, 0.5) is 0 Å². The molecule has 0 aliphatic carbocycles. The summed E-state index contributed by atoms with van der Waals surface area (Å²) in [6.45, 7) is 3.18. The molecule has 2 aromatic rings. The first-order chi connectivity index (χ1) is 11.7. The van der Waals surface area contributed by atoms with Crippen LogP contribution >= 0.6 is 0 Å². The highest BCUT2D eigenvalue weighted by atomic mass is 16.7. The first kappa shape index (κ1) is 14.7. The number of carbonyl (C=O) groups excluding carboxylic acids is 1. The highest BCUT2D eigenvalue weighted by Gasteiger charge is 2.19. The summed E-state index contributed by atoms with van der Waals surface area (Å²) in [5, 5.41) is 2.98. The standard InChI is InChI=1S/C18H17NO5/c1-11(12-2-4-15-17(8-12)24-10-23-15)19-18(20)13-3-5-14-16(9-13)22-7-6-21-14/h2-5,8-9,11H,6-7,10H2,1H3,(H,19,20)/t11-/m1/s1. The second-order valence-electron chi connectivity index (χ2n) is 5.67. The van der Waals surface area contributed by atoms with Gasteiger partial charge in [0.25, 0.3) is 5.91 Å². The van der Waals surface area contributed by atoms with E-state index >= 15 is 0 Å². The molecule has 24 heavy (non-hydrogen) atoms. The van der Waals surface area contributed by atoms with E-state index in [9.17, 15) is 4.79 Å². The third kappa shape index (κ3) is 2.71. The van der Waals surface area contributed by atoms with Crippen LogP contribution in [0.1, 0.15) is 28.9 Å². The number of benzene rings is 2. The zero-order valence-corrected chi connectivity index (χ0v) is 13.2. The Kier molecular flexibility index (Phi) is 3.65. The molecular weight excluding hydrogens is 310 g/mol. The maximum Gasteiger partial charge on any atom is 0.251 e. The zero-order valence-electron chi connectivity index (χ0n) is 13.2. The maximum absolute atomic E-state index is 12.5. The van der Waals surface area contributed by atoms with E-state index in [1.54, 1.807) is 18.2 Å². The van der Waals surface area contributed by atoms with Crippen LogP contribution in [0, 0.1) is 0 Å². The molecule has 0 bridgehead atoms. The fourth-order valence-corrected chi connectivity index (χ4v) is 2.73. The van der Waals surface area contributed by atoms with Crippen molar-refractivity contribution in [3.63, 3.8) is 0 Å². The van der Waals surface area contributed by atoms with Gasteiger partial charge in [-0.3, -0.25) is 4.79 Å². The van der Waals surface area contributed by atoms with Crippen LogP contribution in [0.5, 0.6) is 23.0 Å². The molecule has 2 aromatic carbocycles. The van der Waals surface area contributed by atoms with Crippen molar-refractivity contribution >= 4 is 5.91 Å². The van der Waals surface area contributed by atoms with E-state index < -0.39 is 0 Å². The van der Waals surface area contributed by atoms with Crippen molar-refractivity contribution in [2.75, 3.05) is 20.0 Å². The highest BCUT2D eigenvalue weighted by Crippen LogP contribution is 2.34. The molecule has 1 atom stereocenters. The van der Waals surface area contributed by atoms with Gasteiger partial charge in [-0.25, -0.2) is 0 Å². The lowest BCUT2D eigenvalue weighted by molar-refractivity contribution is 0.0938. The van der Waals surface area contributed by atoms with Gasteiger partial charge in [-0.2, -0.15) is 0 Å². The van der Waals surface area contributed by atoms with Crippen LogP contribution in [0.25, 0.3) is 0 Å². The van der Waals surface area contributed by atoms with Crippen molar-refractivity contribution in [3.8, 4) is 23.0 Å². The monoisotopic (exact) mass is 327 g/mol. The molecular formula is C18H17NO5. The molecule has 2 aliphatic rings. The lowest BCUT2D eigenvalue weighted by atomic mass is 10.1. The minimum absolute atomic E-state index is 0.166. The number of ether oxygens (including phenoxy) is 4. The second kappa shape index (κ2) is 5.96. The molecule has 0 radical (unpaired) electrons. The van der Waals surface area contributed by atoms with Crippen LogP contribution in [0.2, 0.25) is 0 Å². The summed E-state index contributed by atoms with van der Waals surface area (Å²) in [5.74, 6) is 2.53. The average Bonchev–Trinajstić information content (AvgIpc) is 3.08. The van der Waals surface area contributed by atoms with E-state index in [1.165, 1.54) is 0 Å². The number of hydrogen-bond acceptors (Lipinski definition) is 5. The molecule has 1 amide bonds. The van der Waals surface area contributed by atoms with E-state index in [0.717, 1.165) is 11.3 Å². The second-order valence-corrected chi connectivity index (χ2v) is 5.67. The van der Waals surface area contributed by atoms with Crippen LogP contribution in [-0.4, -0.2) is 25.9 Å². The van der Waals surface area contributed by atoms with Crippen LogP contribution in [0.3, 0.4) is 0 Å². The molecule has 0 aromatic heterocycles. The molecule has 0 fully saturated rings. The van der Waals surface area contributed by atoms with Gasteiger partial charge in [-0.15, -0.1) is 0 Å². The van der Waals surface area contributed by atoms with Gasteiger partial charge in [0, 0.05) is 5.56 Å². The average molecular weight is 327 g/mol. The van der Waals surface area contributed by atoms with Crippen LogP contribution < -0.4 is 24.3 Å². The van der Waals surface area contributed by atoms with Crippen molar-refractivity contribution in [3.05, 3.63) is 47.5 Å². The number of nitrogens with one attached hydrogen (secondary N) is 1. The SMILES string of the molecule is C[C@@H](NC(=O)c1ccc2c(c1)OCCO2)c1ccc2c(c1)OCO2.